The van der Waals surface area contributed by atoms with E-state index >= 15 is 0 Å². The molecule has 1 aromatic carbocycles. The number of rotatable bonds is 6. The Morgan fingerprint density at radius 3 is 2.44 bits per heavy atom. The van der Waals surface area contributed by atoms with Crippen molar-refractivity contribution >= 4 is 0 Å². The van der Waals surface area contributed by atoms with Crippen molar-refractivity contribution in [3.8, 4) is 16.9 Å². The Morgan fingerprint density at radius 2 is 1.88 bits per heavy atom. The zero-order valence-corrected chi connectivity index (χ0v) is 14.0. The first-order valence-corrected chi connectivity index (χ1v) is 7.95. The van der Waals surface area contributed by atoms with Crippen molar-refractivity contribution in [2.24, 2.45) is 0 Å². The molecule has 0 fully saturated rings. The van der Waals surface area contributed by atoms with E-state index in [4.69, 9.17) is 0 Å². The molecule has 0 aliphatic rings. The Hall–Kier alpha value is -2.35. The molecule has 5 nitrogen and oxygen atoms in total. The first-order chi connectivity index (χ1) is 11.8. The van der Waals surface area contributed by atoms with Gasteiger partial charge in [-0.15, -0.1) is 0 Å². The summed E-state index contributed by atoms with van der Waals surface area (Å²) in [6.07, 6.45) is -1.93. The molecule has 25 heavy (non-hydrogen) atoms. The van der Waals surface area contributed by atoms with Crippen molar-refractivity contribution in [3.63, 3.8) is 0 Å². The highest BCUT2D eigenvalue weighted by Crippen LogP contribution is 2.35. The molecular formula is C17H20F3N3O2. The molecule has 0 aliphatic heterocycles. The minimum absolute atomic E-state index is 0.0303. The van der Waals surface area contributed by atoms with E-state index < -0.39 is 23.0 Å². The van der Waals surface area contributed by atoms with Gasteiger partial charge in [0.2, 0.25) is 0 Å². The number of aromatic hydroxyl groups is 1. The summed E-state index contributed by atoms with van der Waals surface area (Å²) in [7, 11) is 0. The number of nitrogens with zero attached hydrogens (tertiary/aromatic N) is 3. The fourth-order valence-corrected chi connectivity index (χ4v) is 2.52. The molecule has 0 saturated carbocycles. The van der Waals surface area contributed by atoms with Gasteiger partial charge >= 0.3 is 6.18 Å². The van der Waals surface area contributed by atoms with Crippen LogP contribution in [0.1, 0.15) is 19.4 Å². The molecule has 0 bridgehead atoms. The summed E-state index contributed by atoms with van der Waals surface area (Å²) in [5.74, 6) is -0.602. The molecule has 136 valence electrons. The third-order valence-electron chi connectivity index (χ3n) is 4.07. The Morgan fingerprint density at radius 1 is 1.20 bits per heavy atom. The van der Waals surface area contributed by atoms with E-state index in [0.717, 1.165) is 25.2 Å². The highest BCUT2D eigenvalue weighted by atomic mass is 19.4. The lowest BCUT2D eigenvalue weighted by molar-refractivity contribution is -0.137. The van der Waals surface area contributed by atoms with Crippen LogP contribution >= 0.6 is 0 Å². The number of aromatic nitrogens is 2. The lowest BCUT2D eigenvalue weighted by atomic mass is 10.0. The normalized spacial score (nSPS) is 11.9. The van der Waals surface area contributed by atoms with Gasteiger partial charge in [-0.1, -0.05) is 13.8 Å². The standard InChI is InChI=1S/C17H20F3N3O2/c1-3-22(4-2)7-8-23-11-21-10-14(16(23)25)13-6-5-12(9-15(13)24)17(18,19)20/h5-6,9-11,24H,3-4,7-8H2,1-2H3. The molecule has 1 aromatic heterocycles. The molecule has 0 saturated heterocycles. The molecule has 1 heterocycles. The van der Waals surface area contributed by atoms with Gasteiger partial charge < -0.3 is 10.0 Å². The van der Waals surface area contributed by atoms with Crippen molar-refractivity contribution < 1.29 is 18.3 Å². The number of phenolic OH excluding ortho intramolecular Hbond substituents is 1. The summed E-state index contributed by atoms with van der Waals surface area (Å²) in [6, 6.07) is 2.54. The maximum atomic E-state index is 12.7. The average Bonchev–Trinajstić information content (AvgIpc) is 2.56. The van der Waals surface area contributed by atoms with Gasteiger partial charge in [-0.3, -0.25) is 9.36 Å². The number of alkyl halides is 3. The van der Waals surface area contributed by atoms with Gasteiger partial charge in [-0.25, -0.2) is 4.98 Å². The highest BCUT2D eigenvalue weighted by Gasteiger charge is 2.31. The summed E-state index contributed by atoms with van der Waals surface area (Å²) >= 11 is 0. The molecule has 1 N–H and O–H groups in total. The van der Waals surface area contributed by atoms with Crippen molar-refractivity contribution in [2.75, 3.05) is 19.6 Å². The van der Waals surface area contributed by atoms with Crippen molar-refractivity contribution in [1.29, 1.82) is 0 Å². The number of halogens is 3. The fraction of sp³-hybridized carbons (Fsp3) is 0.412. The predicted molar refractivity (Wildman–Crippen MR) is 88.4 cm³/mol. The summed E-state index contributed by atoms with van der Waals surface area (Å²) < 4.78 is 39.5. The molecule has 0 atom stereocenters. The van der Waals surface area contributed by atoms with Gasteiger partial charge in [0.05, 0.1) is 17.5 Å². The Kier molecular flexibility index (Phi) is 5.84. The van der Waals surface area contributed by atoms with Gasteiger partial charge in [0, 0.05) is 24.8 Å². The quantitative estimate of drug-likeness (QED) is 0.866. The molecule has 2 aromatic rings. The van der Waals surface area contributed by atoms with Crippen LogP contribution in [0.2, 0.25) is 0 Å². The predicted octanol–water partition coefficient (Wildman–Crippen LogP) is 2.98. The second-order valence-corrected chi connectivity index (χ2v) is 5.56. The topological polar surface area (TPSA) is 58.4 Å². The van der Waals surface area contributed by atoms with Crippen molar-refractivity contribution in [1.82, 2.24) is 14.5 Å². The second-order valence-electron chi connectivity index (χ2n) is 5.56. The Labute approximate surface area is 143 Å². The average molecular weight is 355 g/mol. The number of benzene rings is 1. The summed E-state index contributed by atoms with van der Waals surface area (Å²) in [5.41, 5.74) is -1.28. The third-order valence-corrected chi connectivity index (χ3v) is 4.07. The van der Waals surface area contributed by atoms with Crippen molar-refractivity contribution in [2.45, 2.75) is 26.6 Å². The third kappa shape index (κ3) is 4.39. The van der Waals surface area contributed by atoms with Crippen LogP contribution in [-0.4, -0.2) is 39.2 Å². The van der Waals surface area contributed by atoms with E-state index in [-0.39, 0.29) is 11.1 Å². The van der Waals surface area contributed by atoms with E-state index in [1.807, 2.05) is 13.8 Å². The zero-order chi connectivity index (χ0) is 18.6. The number of likely N-dealkylation sites (N-methyl/N-ethyl adjacent to an activating group) is 1. The zero-order valence-electron chi connectivity index (χ0n) is 14.0. The fourth-order valence-electron chi connectivity index (χ4n) is 2.52. The molecule has 0 amide bonds. The van der Waals surface area contributed by atoms with Crippen LogP contribution in [0.3, 0.4) is 0 Å². The minimum atomic E-state index is -4.56. The first kappa shape index (κ1) is 19.0. The van der Waals surface area contributed by atoms with Gasteiger partial charge in [0.15, 0.2) is 0 Å². The minimum Gasteiger partial charge on any atom is -0.507 e. The Bertz CT molecular complexity index is 783. The molecule has 0 radical (unpaired) electrons. The molecule has 2 rings (SSSR count). The van der Waals surface area contributed by atoms with Crippen molar-refractivity contribution in [3.05, 3.63) is 46.6 Å². The lowest BCUT2D eigenvalue weighted by Gasteiger charge is -2.18. The van der Waals surface area contributed by atoms with Gasteiger partial charge in [0.25, 0.3) is 5.56 Å². The molecule has 0 aliphatic carbocycles. The van der Waals surface area contributed by atoms with E-state index in [1.54, 1.807) is 0 Å². The largest absolute Gasteiger partial charge is 0.507 e. The van der Waals surface area contributed by atoms with Crippen LogP contribution in [0.5, 0.6) is 5.75 Å². The maximum absolute atomic E-state index is 12.7. The molecular weight excluding hydrogens is 335 g/mol. The Balaban J connectivity index is 2.35. The monoisotopic (exact) mass is 355 g/mol. The van der Waals surface area contributed by atoms with E-state index in [2.05, 4.69) is 9.88 Å². The van der Waals surface area contributed by atoms with E-state index in [0.29, 0.717) is 19.2 Å². The van der Waals surface area contributed by atoms with E-state index in [1.165, 1.54) is 17.1 Å². The first-order valence-electron chi connectivity index (χ1n) is 7.95. The second kappa shape index (κ2) is 7.69. The smallest absolute Gasteiger partial charge is 0.416 e. The summed E-state index contributed by atoms with van der Waals surface area (Å²) in [4.78, 5) is 18.7. The van der Waals surface area contributed by atoms with Crippen LogP contribution in [0.4, 0.5) is 13.2 Å². The SMILES string of the molecule is CCN(CC)CCn1cncc(-c2ccc(C(F)(F)F)cc2O)c1=O. The molecule has 0 spiro atoms. The van der Waals surface area contributed by atoms with Crippen LogP contribution < -0.4 is 5.56 Å². The van der Waals surface area contributed by atoms with Crippen LogP contribution in [-0.2, 0) is 12.7 Å². The van der Waals surface area contributed by atoms with Gasteiger partial charge in [-0.2, -0.15) is 13.2 Å². The van der Waals surface area contributed by atoms with Gasteiger partial charge in [-0.05, 0) is 31.3 Å². The van der Waals surface area contributed by atoms with Crippen LogP contribution in [0.15, 0.2) is 35.5 Å². The summed E-state index contributed by atoms with van der Waals surface area (Å²) in [6.45, 7) is 6.78. The van der Waals surface area contributed by atoms with Gasteiger partial charge in [0.1, 0.15) is 5.75 Å². The number of hydrogen-bond acceptors (Lipinski definition) is 4. The van der Waals surface area contributed by atoms with Crippen LogP contribution in [0.25, 0.3) is 11.1 Å². The number of hydrogen-bond donors (Lipinski definition) is 1. The molecule has 0 unspecified atom stereocenters. The molecule has 8 heteroatoms. The number of phenols is 1. The highest BCUT2D eigenvalue weighted by molar-refractivity contribution is 5.69. The summed E-state index contributed by atoms with van der Waals surface area (Å²) in [5, 5.41) is 9.93. The maximum Gasteiger partial charge on any atom is 0.416 e. The lowest BCUT2D eigenvalue weighted by Crippen LogP contribution is -2.31. The van der Waals surface area contributed by atoms with Crippen LogP contribution in [0, 0.1) is 0 Å². The van der Waals surface area contributed by atoms with E-state index in [9.17, 15) is 23.1 Å².